The van der Waals surface area contributed by atoms with Gasteiger partial charge < -0.3 is 0 Å². The third-order valence-electron chi connectivity index (χ3n) is 2.44. The van der Waals surface area contributed by atoms with Crippen LogP contribution in [-0.4, -0.2) is 0 Å². The Morgan fingerprint density at radius 1 is 1.07 bits per heavy atom. The average Bonchev–Trinajstić information content (AvgIpc) is 2.31. The molecule has 0 aliphatic carbocycles. The van der Waals surface area contributed by atoms with E-state index in [1.165, 1.54) is 0 Å². The zero-order valence-electron chi connectivity index (χ0n) is 8.31. The van der Waals surface area contributed by atoms with Crippen molar-refractivity contribution in [2.45, 2.75) is 12.3 Å². The molecule has 1 atom stereocenters. The van der Waals surface area contributed by atoms with Crippen molar-refractivity contribution in [2.24, 2.45) is 5.92 Å². The van der Waals surface area contributed by atoms with Crippen molar-refractivity contribution >= 4 is 0 Å². The van der Waals surface area contributed by atoms with Gasteiger partial charge in [0.15, 0.2) is 5.92 Å². The molecule has 0 bridgehead atoms. The highest BCUT2D eigenvalue weighted by atomic mass is 14.4. The van der Waals surface area contributed by atoms with Crippen molar-refractivity contribution in [3.05, 3.63) is 35.9 Å². The molecule has 3 nitrogen and oxygen atoms in total. The lowest BCUT2D eigenvalue weighted by Gasteiger charge is -2.22. The van der Waals surface area contributed by atoms with E-state index in [9.17, 15) is 0 Å². The lowest BCUT2D eigenvalue weighted by Crippen LogP contribution is -2.28. The average molecular weight is 195 g/mol. The third-order valence-corrected chi connectivity index (χ3v) is 2.44. The number of nitrogens with zero attached hydrogens (tertiary/aromatic N) is 3. The fraction of sp³-hybridized carbons (Fsp3) is 0.250. The number of benzene rings is 1. The summed E-state index contributed by atoms with van der Waals surface area (Å²) < 4.78 is 0. The second-order valence-corrected chi connectivity index (χ2v) is 3.37. The van der Waals surface area contributed by atoms with Gasteiger partial charge in [0, 0.05) is 0 Å². The Bertz CT molecular complexity index is 444. The van der Waals surface area contributed by atoms with Gasteiger partial charge in [-0.3, -0.25) is 0 Å². The van der Waals surface area contributed by atoms with Crippen molar-refractivity contribution in [1.29, 1.82) is 15.8 Å². The first-order valence-corrected chi connectivity index (χ1v) is 4.45. The van der Waals surface area contributed by atoms with Gasteiger partial charge in [-0.25, -0.2) is 0 Å². The van der Waals surface area contributed by atoms with Gasteiger partial charge in [-0.15, -0.1) is 0 Å². The molecule has 1 rings (SSSR count). The lowest BCUT2D eigenvalue weighted by molar-refractivity contribution is 0.535. The highest BCUT2D eigenvalue weighted by Gasteiger charge is 2.36. The molecule has 0 fully saturated rings. The SMILES string of the molecule is CC(C#N)(c1ccccc1)C(C#N)C#N. The summed E-state index contributed by atoms with van der Waals surface area (Å²) in [6, 6.07) is 14.7. The minimum atomic E-state index is -1.06. The number of nitriles is 3. The standard InChI is InChI=1S/C12H9N3/c1-12(9-15,11(7-13)8-14)10-5-3-2-4-6-10/h2-6,11H,1H3. The van der Waals surface area contributed by atoms with Crippen molar-refractivity contribution < 1.29 is 0 Å². The number of hydrogen-bond acceptors (Lipinski definition) is 3. The van der Waals surface area contributed by atoms with Gasteiger partial charge in [-0.2, -0.15) is 15.8 Å². The van der Waals surface area contributed by atoms with E-state index >= 15 is 0 Å². The van der Waals surface area contributed by atoms with Crippen LogP contribution in [0.5, 0.6) is 0 Å². The van der Waals surface area contributed by atoms with E-state index in [1.54, 1.807) is 31.2 Å². The molecule has 0 amide bonds. The summed E-state index contributed by atoms with van der Waals surface area (Å²) in [4.78, 5) is 0. The molecule has 0 N–H and O–H groups in total. The summed E-state index contributed by atoms with van der Waals surface area (Å²) in [7, 11) is 0. The maximum absolute atomic E-state index is 9.12. The topological polar surface area (TPSA) is 71.4 Å². The van der Waals surface area contributed by atoms with Crippen LogP contribution >= 0.6 is 0 Å². The molecule has 0 aromatic heterocycles. The van der Waals surface area contributed by atoms with Crippen molar-refractivity contribution in [3.8, 4) is 18.2 Å². The molecule has 0 aliphatic rings. The minimum absolute atomic E-state index is 0.695. The molecule has 3 heteroatoms. The summed E-state index contributed by atoms with van der Waals surface area (Å²) in [6.45, 7) is 1.61. The summed E-state index contributed by atoms with van der Waals surface area (Å²) in [6.07, 6.45) is 0. The first-order valence-electron chi connectivity index (χ1n) is 4.45. The van der Waals surface area contributed by atoms with Gasteiger partial charge in [0.2, 0.25) is 0 Å². The predicted molar refractivity (Wildman–Crippen MR) is 54.1 cm³/mol. The van der Waals surface area contributed by atoms with Gasteiger partial charge in [0.25, 0.3) is 0 Å². The van der Waals surface area contributed by atoms with E-state index in [1.807, 2.05) is 18.2 Å². The predicted octanol–water partition coefficient (Wildman–Crippen LogP) is 2.13. The molecular formula is C12H9N3. The fourth-order valence-corrected chi connectivity index (χ4v) is 1.37. The highest BCUT2D eigenvalue weighted by Crippen LogP contribution is 2.30. The molecule has 0 radical (unpaired) electrons. The summed E-state index contributed by atoms with van der Waals surface area (Å²) >= 11 is 0. The molecule has 72 valence electrons. The van der Waals surface area contributed by atoms with Crippen LogP contribution in [0.1, 0.15) is 12.5 Å². The quantitative estimate of drug-likeness (QED) is 0.725. The van der Waals surface area contributed by atoms with E-state index in [0.717, 1.165) is 0 Å². The molecule has 0 aliphatic heterocycles. The van der Waals surface area contributed by atoms with Crippen LogP contribution in [0.3, 0.4) is 0 Å². The van der Waals surface area contributed by atoms with Crippen LogP contribution in [0.15, 0.2) is 30.3 Å². The first-order chi connectivity index (χ1) is 7.19. The van der Waals surface area contributed by atoms with Gasteiger partial charge in [-0.05, 0) is 12.5 Å². The van der Waals surface area contributed by atoms with Crippen molar-refractivity contribution in [2.75, 3.05) is 0 Å². The third kappa shape index (κ3) is 1.80. The van der Waals surface area contributed by atoms with E-state index < -0.39 is 11.3 Å². The Hall–Kier alpha value is -2.31. The normalized spacial score (nSPS) is 13.3. The molecule has 1 unspecified atom stereocenters. The molecule has 15 heavy (non-hydrogen) atoms. The van der Waals surface area contributed by atoms with E-state index in [2.05, 4.69) is 6.07 Å². The minimum Gasteiger partial charge on any atom is -0.197 e. The second-order valence-electron chi connectivity index (χ2n) is 3.37. The Morgan fingerprint density at radius 3 is 2.00 bits per heavy atom. The number of hydrogen-bond donors (Lipinski definition) is 0. The smallest absolute Gasteiger partial charge is 0.155 e. The zero-order chi connectivity index (χ0) is 11.3. The monoisotopic (exact) mass is 195 g/mol. The van der Waals surface area contributed by atoms with Crippen LogP contribution < -0.4 is 0 Å². The zero-order valence-corrected chi connectivity index (χ0v) is 8.31. The summed E-state index contributed by atoms with van der Waals surface area (Å²) in [5.74, 6) is -0.954. The fourth-order valence-electron chi connectivity index (χ4n) is 1.37. The van der Waals surface area contributed by atoms with Gasteiger partial charge >= 0.3 is 0 Å². The van der Waals surface area contributed by atoms with E-state index in [0.29, 0.717) is 5.56 Å². The van der Waals surface area contributed by atoms with Crippen LogP contribution in [0, 0.1) is 39.9 Å². The summed E-state index contributed by atoms with van der Waals surface area (Å²) in [5, 5.41) is 26.8. The largest absolute Gasteiger partial charge is 0.197 e. The van der Waals surface area contributed by atoms with Crippen LogP contribution in [-0.2, 0) is 5.41 Å². The van der Waals surface area contributed by atoms with E-state index in [-0.39, 0.29) is 0 Å². The van der Waals surface area contributed by atoms with Crippen LogP contribution in [0.2, 0.25) is 0 Å². The Labute approximate surface area is 88.8 Å². The highest BCUT2D eigenvalue weighted by molar-refractivity contribution is 5.37. The van der Waals surface area contributed by atoms with Crippen LogP contribution in [0.4, 0.5) is 0 Å². The Kier molecular flexibility index (Phi) is 3.06. The lowest BCUT2D eigenvalue weighted by atomic mass is 9.74. The number of rotatable bonds is 2. The van der Waals surface area contributed by atoms with Gasteiger partial charge in [0.05, 0.1) is 18.2 Å². The molecule has 0 spiro atoms. The van der Waals surface area contributed by atoms with Gasteiger partial charge in [0.1, 0.15) is 5.41 Å². The Balaban J connectivity index is 3.27. The van der Waals surface area contributed by atoms with Crippen molar-refractivity contribution in [1.82, 2.24) is 0 Å². The first kappa shape index (κ1) is 10.8. The molecule has 0 saturated carbocycles. The van der Waals surface area contributed by atoms with Crippen molar-refractivity contribution in [3.63, 3.8) is 0 Å². The Morgan fingerprint density at radius 2 is 1.60 bits per heavy atom. The van der Waals surface area contributed by atoms with Gasteiger partial charge in [-0.1, -0.05) is 30.3 Å². The summed E-state index contributed by atoms with van der Waals surface area (Å²) in [5.41, 5.74) is -0.370. The second kappa shape index (κ2) is 4.27. The molecule has 0 heterocycles. The molecular weight excluding hydrogens is 186 g/mol. The van der Waals surface area contributed by atoms with E-state index in [4.69, 9.17) is 15.8 Å². The maximum Gasteiger partial charge on any atom is 0.155 e. The molecule has 1 aromatic carbocycles. The molecule has 1 aromatic rings. The molecule has 0 saturated heterocycles. The van der Waals surface area contributed by atoms with Crippen LogP contribution in [0.25, 0.3) is 0 Å². The maximum atomic E-state index is 9.12.